The Morgan fingerprint density at radius 2 is 1.58 bits per heavy atom. The second-order valence-electron chi connectivity index (χ2n) is 19.6. The largest absolute Gasteiger partial charge is 0.391 e. The number of fused-ring (bicyclic) bond motifs is 1. The van der Waals surface area contributed by atoms with Crippen molar-refractivity contribution in [2.45, 2.75) is 77.6 Å². The van der Waals surface area contributed by atoms with Gasteiger partial charge in [0.15, 0.2) is 5.82 Å². The number of likely N-dealkylation sites (tertiary alicyclic amines) is 1. The van der Waals surface area contributed by atoms with Crippen LogP contribution in [0.25, 0.3) is 10.9 Å². The highest BCUT2D eigenvalue weighted by Crippen LogP contribution is 2.30. The highest BCUT2D eigenvalue weighted by Gasteiger charge is 2.40. The lowest BCUT2D eigenvalue weighted by Crippen LogP contribution is -2.56. The fraction of sp³-hybridized carbons (Fsp3) is 0.549. The van der Waals surface area contributed by atoms with Crippen LogP contribution in [-0.2, 0) is 39.8 Å². The number of halogens is 2. The highest BCUT2D eigenvalue weighted by atomic mass is 19.1. The van der Waals surface area contributed by atoms with Crippen LogP contribution >= 0.6 is 0 Å². The van der Waals surface area contributed by atoms with Gasteiger partial charge in [-0.25, -0.2) is 8.78 Å². The van der Waals surface area contributed by atoms with E-state index in [9.17, 15) is 33.1 Å². The average Bonchev–Trinajstić information content (AvgIpc) is 3.89. The number of amides is 4. The van der Waals surface area contributed by atoms with Crippen molar-refractivity contribution in [3.63, 3.8) is 0 Å². The zero-order valence-corrected chi connectivity index (χ0v) is 41.2. The Morgan fingerprint density at radius 1 is 0.873 bits per heavy atom. The summed E-state index contributed by atoms with van der Waals surface area (Å²) in [5.74, 6) is -1.99. The molecule has 386 valence electrons. The standard InChI is InChI=1S/C51H69F2N9O9/c1-33-23-40(63)30-62(33)50(67)47(51(2,3)4)56-46(65)32-71-22-21-70-20-19-69-18-11-54-45(64)31-60-12-14-61(15-13-60)39-6-7-41(44(29-39)55-38-9-16-68-17-10-38)49(66)57-48-42-27-34(5-8-43(42)58-59-48)24-35-25-36(52)28-37(53)26-35/h5-8,25-29,33,38,40,47,55,63H,9-24,30-32H2,1-4H3,(H,54,64)(H,56,65)(H2,57,58,59,66)/t33-,40-,47-/m1/s1. The monoisotopic (exact) mass is 990 g/mol. The number of carbonyl (C=O) groups excluding carboxylic acids is 4. The van der Waals surface area contributed by atoms with Gasteiger partial charge in [-0.2, -0.15) is 5.10 Å². The van der Waals surface area contributed by atoms with E-state index in [1.165, 1.54) is 12.1 Å². The van der Waals surface area contributed by atoms with Crippen LogP contribution in [-0.4, -0.2) is 172 Å². The van der Waals surface area contributed by atoms with Crippen LogP contribution in [0, 0.1) is 17.0 Å². The van der Waals surface area contributed by atoms with E-state index < -0.39 is 35.1 Å². The molecule has 4 amide bonds. The maximum Gasteiger partial charge on any atom is 0.258 e. The quantitative estimate of drug-likeness (QED) is 0.0615. The van der Waals surface area contributed by atoms with Crippen molar-refractivity contribution in [1.82, 2.24) is 30.6 Å². The summed E-state index contributed by atoms with van der Waals surface area (Å²) in [4.78, 5) is 58.6. The molecule has 3 saturated heterocycles. The minimum atomic E-state index is -0.754. The molecule has 3 aliphatic heterocycles. The number of nitrogens with zero attached hydrogens (tertiary/aromatic N) is 4. The van der Waals surface area contributed by atoms with Gasteiger partial charge < -0.3 is 55.1 Å². The van der Waals surface area contributed by atoms with Crippen LogP contribution < -0.4 is 26.2 Å². The minimum absolute atomic E-state index is 0.0942. The van der Waals surface area contributed by atoms with Gasteiger partial charge >= 0.3 is 0 Å². The first-order chi connectivity index (χ1) is 34.1. The Kier molecular flexibility index (Phi) is 18.7. The molecule has 4 heterocycles. The first-order valence-electron chi connectivity index (χ1n) is 24.6. The Labute approximate surface area is 413 Å². The van der Waals surface area contributed by atoms with Crippen molar-refractivity contribution in [1.29, 1.82) is 0 Å². The molecule has 4 aromatic rings. The zero-order valence-electron chi connectivity index (χ0n) is 41.2. The molecule has 0 aliphatic carbocycles. The minimum Gasteiger partial charge on any atom is -0.391 e. The van der Waals surface area contributed by atoms with Crippen molar-refractivity contribution in [3.05, 3.63) is 82.9 Å². The molecule has 3 aliphatic rings. The van der Waals surface area contributed by atoms with E-state index in [2.05, 4.69) is 41.3 Å². The number of rotatable bonds is 22. The van der Waals surface area contributed by atoms with Crippen LogP contribution in [0.15, 0.2) is 54.6 Å². The van der Waals surface area contributed by atoms with Crippen LogP contribution in [0.3, 0.4) is 0 Å². The maximum atomic E-state index is 14.0. The predicted octanol–water partition coefficient (Wildman–Crippen LogP) is 4.08. The van der Waals surface area contributed by atoms with E-state index >= 15 is 0 Å². The Hall–Kier alpha value is -5.77. The van der Waals surface area contributed by atoms with Crippen LogP contribution in [0.2, 0.25) is 0 Å². The number of benzene rings is 3. The third-order valence-electron chi connectivity index (χ3n) is 12.9. The van der Waals surface area contributed by atoms with E-state index in [-0.39, 0.29) is 62.7 Å². The number of hydrogen-bond donors (Lipinski definition) is 6. The number of aliphatic hydroxyl groups is 1. The normalized spacial score (nSPS) is 18.4. The summed E-state index contributed by atoms with van der Waals surface area (Å²) in [6.45, 7) is 13.5. The Balaban J connectivity index is 0.796. The molecule has 0 saturated carbocycles. The molecule has 3 atom stereocenters. The van der Waals surface area contributed by atoms with Gasteiger partial charge in [0.05, 0.1) is 56.8 Å². The van der Waals surface area contributed by atoms with Crippen molar-refractivity contribution >= 4 is 51.7 Å². The lowest BCUT2D eigenvalue weighted by Gasteiger charge is -2.36. The summed E-state index contributed by atoms with van der Waals surface area (Å²) in [6, 6.07) is 14.0. The number of aromatic nitrogens is 2. The van der Waals surface area contributed by atoms with Gasteiger partial charge in [-0.15, -0.1) is 0 Å². The first-order valence-corrected chi connectivity index (χ1v) is 24.6. The molecule has 0 unspecified atom stereocenters. The zero-order chi connectivity index (χ0) is 50.5. The molecule has 1 aromatic heterocycles. The van der Waals surface area contributed by atoms with E-state index in [4.69, 9.17) is 18.9 Å². The summed E-state index contributed by atoms with van der Waals surface area (Å²) >= 11 is 0. The summed E-state index contributed by atoms with van der Waals surface area (Å²) < 4.78 is 50.0. The number of hydrogen-bond acceptors (Lipinski definition) is 13. The van der Waals surface area contributed by atoms with Gasteiger partial charge in [-0.1, -0.05) is 26.8 Å². The fourth-order valence-electron chi connectivity index (χ4n) is 9.12. The number of ether oxygens (including phenoxy) is 4. The second-order valence-corrected chi connectivity index (χ2v) is 19.6. The van der Waals surface area contributed by atoms with Crippen LogP contribution in [0.1, 0.15) is 68.4 Å². The molecule has 3 fully saturated rings. The van der Waals surface area contributed by atoms with Crippen molar-refractivity contribution in [2.24, 2.45) is 5.41 Å². The second kappa shape index (κ2) is 25.1. The van der Waals surface area contributed by atoms with E-state index in [0.29, 0.717) is 112 Å². The fourth-order valence-corrected chi connectivity index (χ4v) is 9.12. The molecule has 0 radical (unpaired) electrons. The van der Waals surface area contributed by atoms with E-state index in [1.54, 1.807) is 4.90 Å². The number of anilines is 3. The van der Waals surface area contributed by atoms with Gasteiger partial charge in [-0.05, 0) is 91.6 Å². The smallest absolute Gasteiger partial charge is 0.258 e. The first kappa shape index (κ1) is 53.0. The maximum absolute atomic E-state index is 14.0. The molecular formula is C51H69F2N9O9. The van der Waals surface area contributed by atoms with Gasteiger partial charge in [0.2, 0.25) is 17.7 Å². The van der Waals surface area contributed by atoms with Crippen LogP contribution in [0.5, 0.6) is 0 Å². The number of β-amino-alcohol motifs (C(OH)–C–C–N with tert-alkyl or cyclic N) is 1. The molecule has 3 aromatic carbocycles. The molecule has 18 nitrogen and oxygen atoms in total. The molecule has 7 rings (SSSR count). The average molecular weight is 990 g/mol. The third kappa shape index (κ3) is 15.4. The number of nitrogens with one attached hydrogen (secondary N) is 5. The molecule has 0 spiro atoms. The third-order valence-corrected chi connectivity index (χ3v) is 12.9. The van der Waals surface area contributed by atoms with Crippen molar-refractivity contribution in [3.8, 4) is 0 Å². The summed E-state index contributed by atoms with van der Waals surface area (Å²) in [7, 11) is 0. The molecule has 20 heteroatoms. The topological polar surface area (TPSA) is 212 Å². The molecule has 71 heavy (non-hydrogen) atoms. The van der Waals surface area contributed by atoms with Gasteiger partial charge in [0.1, 0.15) is 24.3 Å². The number of piperazine rings is 1. The summed E-state index contributed by atoms with van der Waals surface area (Å²) in [5.41, 5.74) is 3.56. The van der Waals surface area contributed by atoms with E-state index in [0.717, 1.165) is 30.2 Å². The lowest BCUT2D eigenvalue weighted by atomic mass is 9.85. The predicted molar refractivity (Wildman–Crippen MR) is 264 cm³/mol. The number of aromatic amines is 1. The highest BCUT2D eigenvalue weighted by molar-refractivity contribution is 6.11. The summed E-state index contributed by atoms with van der Waals surface area (Å²) in [5, 5.41) is 30.3. The van der Waals surface area contributed by atoms with Crippen LogP contribution in [0.4, 0.5) is 26.0 Å². The Morgan fingerprint density at radius 3 is 2.27 bits per heavy atom. The lowest BCUT2D eigenvalue weighted by molar-refractivity contribution is -0.141. The molecule has 6 N–H and O–H groups in total. The van der Waals surface area contributed by atoms with Gasteiger partial charge in [-0.3, -0.25) is 29.2 Å². The number of aliphatic hydroxyl groups excluding tert-OH is 1. The van der Waals surface area contributed by atoms with Crippen molar-refractivity contribution in [2.75, 3.05) is 114 Å². The van der Waals surface area contributed by atoms with Gasteiger partial charge in [0.25, 0.3) is 5.91 Å². The molecular weight excluding hydrogens is 921 g/mol. The van der Waals surface area contributed by atoms with Crippen molar-refractivity contribution < 1.29 is 52.0 Å². The number of H-pyrrole nitrogens is 1. The Bertz CT molecular complexity index is 2420. The molecule has 0 bridgehead atoms. The van der Waals surface area contributed by atoms with Gasteiger partial charge in [0, 0.05) is 87.4 Å². The van der Waals surface area contributed by atoms with E-state index in [1.807, 2.05) is 64.1 Å². The SMILES string of the molecule is C[C@@H]1C[C@@H](O)CN1C(=O)[C@@H](NC(=O)COCCOCCOCCNC(=O)CN1CCN(c2ccc(C(=O)Nc3n[nH]c4ccc(Cc5cc(F)cc(F)c5)cc34)c(NC3CCOCC3)c2)CC1)C(C)(C)C. The number of carbonyl (C=O) groups is 4. The summed E-state index contributed by atoms with van der Waals surface area (Å²) in [6.07, 6.45) is 1.84.